The molecular formula is C21H31N3O5S. The Morgan fingerprint density at radius 3 is 2.57 bits per heavy atom. The molecule has 1 aromatic rings. The number of hydrogen-bond acceptors (Lipinski definition) is 6. The fraction of sp³-hybridized carbons (Fsp3) is 0.571. The Balaban J connectivity index is 2.01. The molecule has 1 atom stereocenters. The van der Waals surface area contributed by atoms with Crippen molar-refractivity contribution in [1.29, 1.82) is 0 Å². The number of carbonyl (C=O) groups excluding carboxylic acids is 1. The molecule has 0 bridgehead atoms. The summed E-state index contributed by atoms with van der Waals surface area (Å²) in [6.07, 6.45) is 3.58. The number of unbranched alkanes of at least 4 members (excludes halogenated alkanes) is 3. The number of ether oxygens (including phenoxy) is 1. The van der Waals surface area contributed by atoms with Gasteiger partial charge in [0.05, 0.1) is 18.6 Å². The SMILES string of the molecule is CCCCCC#CC(CS(=O)(=O)N1CCN(c2ccccc2OC)CC1)C(=O)NO. The first-order chi connectivity index (χ1) is 14.4. The number of rotatable bonds is 9. The fourth-order valence-electron chi connectivity index (χ4n) is 3.33. The molecule has 30 heavy (non-hydrogen) atoms. The molecule has 1 aromatic carbocycles. The molecule has 0 radical (unpaired) electrons. The lowest BCUT2D eigenvalue weighted by molar-refractivity contribution is -0.131. The van der Waals surface area contributed by atoms with Crippen LogP contribution in [0.4, 0.5) is 5.69 Å². The Morgan fingerprint density at radius 1 is 1.23 bits per heavy atom. The summed E-state index contributed by atoms with van der Waals surface area (Å²) in [6, 6.07) is 7.62. The van der Waals surface area contributed by atoms with Gasteiger partial charge < -0.3 is 9.64 Å². The van der Waals surface area contributed by atoms with E-state index in [4.69, 9.17) is 9.94 Å². The minimum Gasteiger partial charge on any atom is -0.495 e. The van der Waals surface area contributed by atoms with Crippen LogP contribution in [0.25, 0.3) is 0 Å². The number of amides is 1. The highest BCUT2D eigenvalue weighted by molar-refractivity contribution is 7.89. The maximum Gasteiger partial charge on any atom is 0.259 e. The highest BCUT2D eigenvalue weighted by Gasteiger charge is 2.32. The lowest BCUT2D eigenvalue weighted by Gasteiger charge is -2.36. The summed E-state index contributed by atoms with van der Waals surface area (Å²) in [5.41, 5.74) is 2.46. The van der Waals surface area contributed by atoms with Crippen molar-refractivity contribution in [2.45, 2.75) is 32.6 Å². The van der Waals surface area contributed by atoms with Crippen molar-refractivity contribution in [2.75, 3.05) is 43.9 Å². The molecule has 0 spiro atoms. The Bertz CT molecular complexity index is 855. The molecule has 0 saturated carbocycles. The number of nitrogens with zero attached hydrogens (tertiary/aromatic N) is 2. The average molecular weight is 438 g/mol. The number of hydrogen-bond donors (Lipinski definition) is 2. The number of nitrogens with one attached hydrogen (secondary N) is 1. The second-order valence-corrected chi connectivity index (χ2v) is 9.16. The van der Waals surface area contributed by atoms with E-state index in [2.05, 4.69) is 23.7 Å². The molecule has 8 nitrogen and oxygen atoms in total. The van der Waals surface area contributed by atoms with Gasteiger partial charge in [-0.25, -0.2) is 13.9 Å². The highest BCUT2D eigenvalue weighted by atomic mass is 32.2. The zero-order valence-corrected chi connectivity index (χ0v) is 18.5. The molecule has 9 heteroatoms. The molecule has 1 saturated heterocycles. The first-order valence-corrected chi connectivity index (χ1v) is 11.8. The summed E-state index contributed by atoms with van der Waals surface area (Å²) in [5, 5.41) is 8.97. The minimum atomic E-state index is -3.71. The van der Waals surface area contributed by atoms with Crippen LogP contribution in [0.2, 0.25) is 0 Å². The number of para-hydroxylation sites is 2. The summed E-state index contributed by atoms with van der Waals surface area (Å²) >= 11 is 0. The van der Waals surface area contributed by atoms with Crippen LogP contribution in [0.5, 0.6) is 5.75 Å². The van der Waals surface area contributed by atoms with Crippen LogP contribution < -0.4 is 15.1 Å². The smallest absolute Gasteiger partial charge is 0.259 e. The highest BCUT2D eigenvalue weighted by Crippen LogP contribution is 2.28. The Morgan fingerprint density at radius 2 is 1.93 bits per heavy atom. The second kappa shape index (κ2) is 11.8. The van der Waals surface area contributed by atoms with Gasteiger partial charge in [0, 0.05) is 32.6 Å². The summed E-state index contributed by atoms with van der Waals surface area (Å²) in [4.78, 5) is 14.0. The zero-order valence-electron chi connectivity index (χ0n) is 17.6. The quantitative estimate of drug-likeness (QED) is 0.265. The number of benzene rings is 1. The monoisotopic (exact) mass is 437 g/mol. The number of methoxy groups -OCH3 is 1. The molecular weight excluding hydrogens is 406 g/mol. The van der Waals surface area contributed by atoms with Gasteiger partial charge in [0.15, 0.2) is 0 Å². The van der Waals surface area contributed by atoms with Crippen molar-refractivity contribution in [3.63, 3.8) is 0 Å². The lowest BCUT2D eigenvalue weighted by Crippen LogP contribution is -2.50. The van der Waals surface area contributed by atoms with Crippen molar-refractivity contribution >= 4 is 21.6 Å². The van der Waals surface area contributed by atoms with Crippen LogP contribution in [0.15, 0.2) is 24.3 Å². The Kier molecular flexibility index (Phi) is 9.43. The van der Waals surface area contributed by atoms with Crippen molar-refractivity contribution < 1.29 is 23.2 Å². The van der Waals surface area contributed by atoms with Crippen molar-refractivity contribution in [2.24, 2.45) is 5.92 Å². The van der Waals surface area contributed by atoms with E-state index in [-0.39, 0.29) is 0 Å². The van der Waals surface area contributed by atoms with E-state index in [0.717, 1.165) is 30.7 Å². The van der Waals surface area contributed by atoms with E-state index >= 15 is 0 Å². The second-order valence-electron chi connectivity index (χ2n) is 7.14. The van der Waals surface area contributed by atoms with E-state index in [1.807, 2.05) is 24.3 Å². The van der Waals surface area contributed by atoms with Crippen molar-refractivity contribution in [3.8, 4) is 17.6 Å². The van der Waals surface area contributed by atoms with Gasteiger partial charge >= 0.3 is 0 Å². The molecule has 1 unspecified atom stereocenters. The number of anilines is 1. The Labute approximate surface area is 179 Å². The number of piperazine rings is 1. The molecule has 1 fully saturated rings. The third-order valence-electron chi connectivity index (χ3n) is 5.04. The molecule has 1 aliphatic rings. The molecule has 0 aliphatic carbocycles. The van der Waals surface area contributed by atoms with Gasteiger partial charge in [0.2, 0.25) is 10.0 Å². The Hall–Kier alpha value is -2.28. The van der Waals surface area contributed by atoms with Crippen LogP contribution >= 0.6 is 0 Å². The van der Waals surface area contributed by atoms with E-state index in [9.17, 15) is 13.2 Å². The summed E-state index contributed by atoms with van der Waals surface area (Å²) in [6.45, 7) is 3.71. The van der Waals surface area contributed by atoms with Crippen molar-refractivity contribution in [1.82, 2.24) is 9.79 Å². The van der Waals surface area contributed by atoms with Gasteiger partial charge in [-0.15, -0.1) is 5.92 Å². The maximum atomic E-state index is 12.9. The normalized spacial score (nSPS) is 15.8. The van der Waals surface area contributed by atoms with E-state index < -0.39 is 27.6 Å². The third-order valence-corrected chi connectivity index (χ3v) is 6.95. The van der Waals surface area contributed by atoms with Gasteiger partial charge in [-0.1, -0.05) is 37.8 Å². The van der Waals surface area contributed by atoms with E-state index in [1.165, 1.54) is 9.79 Å². The van der Waals surface area contributed by atoms with Gasteiger partial charge in [0.1, 0.15) is 11.7 Å². The molecule has 1 aliphatic heterocycles. The predicted molar refractivity (Wildman–Crippen MR) is 116 cm³/mol. The van der Waals surface area contributed by atoms with Gasteiger partial charge in [-0.05, 0) is 18.6 Å². The average Bonchev–Trinajstić information content (AvgIpc) is 2.77. The minimum absolute atomic E-state index is 0.303. The number of carbonyl (C=O) groups is 1. The van der Waals surface area contributed by atoms with Crippen LogP contribution in [0, 0.1) is 17.8 Å². The van der Waals surface area contributed by atoms with Crippen LogP contribution in [0.1, 0.15) is 32.6 Å². The van der Waals surface area contributed by atoms with Crippen LogP contribution in [-0.2, 0) is 14.8 Å². The first kappa shape index (κ1) is 24.0. The maximum absolute atomic E-state index is 12.9. The summed E-state index contributed by atoms with van der Waals surface area (Å²) in [7, 11) is -2.10. The van der Waals surface area contributed by atoms with Crippen LogP contribution in [0.3, 0.4) is 0 Å². The van der Waals surface area contributed by atoms with Gasteiger partial charge in [-0.3, -0.25) is 10.0 Å². The lowest BCUT2D eigenvalue weighted by atomic mass is 10.1. The molecule has 2 rings (SSSR count). The van der Waals surface area contributed by atoms with E-state index in [0.29, 0.717) is 32.6 Å². The van der Waals surface area contributed by atoms with E-state index in [1.54, 1.807) is 7.11 Å². The molecule has 1 amide bonds. The van der Waals surface area contributed by atoms with Gasteiger partial charge in [0.25, 0.3) is 5.91 Å². The summed E-state index contributed by atoms with van der Waals surface area (Å²) in [5.74, 6) is 3.99. The number of sulfonamides is 1. The zero-order chi connectivity index (χ0) is 22.0. The van der Waals surface area contributed by atoms with Crippen LogP contribution in [-0.4, -0.2) is 62.9 Å². The number of hydroxylamine groups is 1. The largest absolute Gasteiger partial charge is 0.495 e. The molecule has 2 N–H and O–H groups in total. The molecule has 166 valence electrons. The summed E-state index contributed by atoms with van der Waals surface area (Å²) < 4.78 is 32.5. The predicted octanol–water partition coefficient (Wildman–Crippen LogP) is 1.85. The molecule has 1 heterocycles. The van der Waals surface area contributed by atoms with Crippen molar-refractivity contribution in [3.05, 3.63) is 24.3 Å². The van der Waals surface area contributed by atoms with Gasteiger partial charge in [-0.2, -0.15) is 4.31 Å². The first-order valence-electron chi connectivity index (χ1n) is 10.2. The topological polar surface area (TPSA) is 99.2 Å². The fourth-order valence-corrected chi connectivity index (χ4v) is 4.92. The standard InChI is InChI=1S/C21H31N3O5S/c1-3-4-5-6-7-10-18(21(25)22-26)17-30(27,28)24-15-13-23(14-16-24)19-11-8-9-12-20(19)29-2/h8-9,11-12,18,26H,3-6,13-17H2,1-2H3,(H,22,25). The molecule has 0 aromatic heterocycles. The third kappa shape index (κ3) is 6.62.